The lowest BCUT2D eigenvalue weighted by atomic mass is 9.70. The van der Waals surface area contributed by atoms with E-state index in [-0.39, 0.29) is 11.8 Å². The number of aryl methyl sites for hydroxylation is 2. The van der Waals surface area contributed by atoms with Gasteiger partial charge in [-0.1, -0.05) is 35.4 Å². The van der Waals surface area contributed by atoms with Gasteiger partial charge in [0, 0.05) is 39.5 Å². The summed E-state index contributed by atoms with van der Waals surface area (Å²) in [7, 11) is 1.66. The highest BCUT2D eigenvalue weighted by molar-refractivity contribution is 5.92. The maximum Gasteiger partial charge on any atom is 0.233 e. The number of ether oxygens (including phenoxy) is 1. The van der Waals surface area contributed by atoms with Crippen molar-refractivity contribution < 1.29 is 14.3 Å². The third-order valence-corrected chi connectivity index (χ3v) is 7.13. The Bertz CT molecular complexity index is 965. The Morgan fingerprint density at radius 3 is 2.38 bits per heavy atom. The lowest BCUT2D eigenvalue weighted by molar-refractivity contribution is -0.145. The standard InChI is InChI=1S/C26H33N3O3/c1-19-15-20(2)17-21(16-19)25(9-13-32-14-10-25)24(31)29-12-6-8-26(18-29,23(30)27-3)22-7-4-5-11-28-22/h4-5,7,11,15-17H,6,8-10,12-14,18H2,1-3H3,(H,27,30)/t26-/m0/s1. The van der Waals surface area contributed by atoms with E-state index in [1.807, 2.05) is 23.1 Å². The number of amides is 2. The van der Waals surface area contributed by atoms with Crippen molar-refractivity contribution in [2.24, 2.45) is 0 Å². The fourth-order valence-electron chi connectivity index (χ4n) is 5.52. The zero-order chi connectivity index (χ0) is 22.8. The van der Waals surface area contributed by atoms with E-state index in [2.05, 4.69) is 42.3 Å². The van der Waals surface area contributed by atoms with Crippen LogP contribution in [0.15, 0.2) is 42.6 Å². The summed E-state index contributed by atoms with van der Waals surface area (Å²) >= 11 is 0. The average molecular weight is 436 g/mol. The smallest absolute Gasteiger partial charge is 0.233 e. The SMILES string of the molecule is CNC(=O)[C@@]1(c2ccccn2)CCCN(C(=O)C2(c3cc(C)cc(C)c3)CCOCC2)C1. The second kappa shape index (κ2) is 9.02. The number of rotatable bonds is 4. The van der Waals surface area contributed by atoms with Crippen molar-refractivity contribution in [2.75, 3.05) is 33.4 Å². The lowest BCUT2D eigenvalue weighted by Gasteiger charge is -2.46. The van der Waals surface area contributed by atoms with Crippen LogP contribution in [0.5, 0.6) is 0 Å². The van der Waals surface area contributed by atoms with E-state index in [1.54, 1.807) is 13.2 Å². The Kier molecular flexibility index (Phi) is 6.33. The molecule has 1 N–H and O–H groups in total. The van der Waals surface area contributed by atoms with Crippen LogP contribution in [0.1, 0.15) is 48.1 Å². The molecule has 6 heteroatoms. The van der Waals surface area contributed by atoms with E-state index in [0.29, 0.717) is 45.6 Å². The molecule has 6 nitrogen and oxygen atoms in total. The molecule has 1 atom stereocenters. The number of carbonyl (C=O) groups is 2. The normalized spacial score (nSPS) is 22.9. The molecule has 0 radical (unpaired) electrons. The number of piperidine rings is 1. The monoisotopic (exact) mass is 435 g/mol. The molecule has 1 aromatic heterocycles. The highest BCUT2D eigenvalue weighted by Gasteiger charge is 2.50. The Morgan fingerprint density at radius 2 is 1.75 bits per heavy atom. The van der Waals surface area contributed by atoms with Crippen molar-refractivity contribution in [3.8, 4) is 0 Å². The molecule has 2 aromatic rings. The summed E-state index contributed by atoms with van der Waals surface area (Å²) < 4.78 is 5.67. The number of benzene rings is 1. The van der Waals surface area contributed by atoms with E-state index in [1.165, 1.54) is 0 Å². The molecule has 2 amide bonds. The fraction of sp³-hybridized carbons (Fsp3) is 0.500. The number of likely N-dealkylation sites (tertiary alicyclic amines) is 1. The van der Waals surface area contributed by atoms with Crippen molar-refractivity contribution in [3.05, 3.63) is 65.0 Å². The van der Waals surface area contributed by atoms with Crippen molar-refractivity contribution >= 4 is 11.8 Å². The highest BCUT2D eigenvalue weighted by atomic mass is 16.5. The van der Waals surface area contributed by atoms with Crippen LogP contribution in [0.25, 0.3) is 0 Å². The van der Waals surface area contributed by atoms with Gasteiger partial charge >= 0.3 is 0 Å². The Hall–Kier alpha value is -2.73. The summed E-state index contributed by atoms with van der Waals surface area (Å²) in [6, 6.07) is 12.1. The fourth-order valence-corrected chi connectivity index (χ4v) is 5.52. The molecule has 0 aliphatic carbocycles. The maximum atomic E-state index is 14.2. The summed E-state index contributed by atoms with van der Waals surface area (Å²) in [6.07, 6.45) is 4.46. The molecule has 4 rings (SSSR count). The highest BCUT2D eigenvalue weighted by Crippen LogP contribution is 2.41. The van der Waals surface area contributed by atoms with Crippen LogP contribution < -0.4 is 5.32 Å². The molecule has 1 aromatic carbocycles. The predicted octanol–water partition coefficient (Wildman–Crippen LogP) is 3.05. The van der Waals surface area contributed by atoms with E-state index >= 15 is 0 Å². The molecule has 0 unspecified atom stereocenters. The van der Waals surface area contributed by atoms with E-state index < -0.39 is 10.8 Å². The number of carbonyl (C=O) groups excluding carboxylic acids is 2. The van der Waals surface area contributed by atoms with E-state index in [4.69, 9.17) is 4.74 Å². The first kappa shape index (κ1) is 22.5. The van der Waals surface area contributed by atoms with Gasteiger partial charge in [-0.15, -0.1) is 0 Å². The molecule has 170 valence electrons. The van der Waals surface area contributed by atoms with E-state index in [9.17, 15) is 9.59 Å². The molecular weight excluding hydrogens is 402 g/mol. The van der Waals surface area contributed by atoms with Gasteiger partial charge in [0.2, 0.25) is 11.8 Å². The Balaban J connectivity index is 1.73. The molecule has 2 fully saturated rings. The van der Waals surface area contributed by atoms with Crippen molar-refractivity contribution in [1.82, 2.24) is 15.2 Å². The zero-order valence-electron chi connectivity index (χ0n) is 19.3. The molecule has 32 heavy (non-hydrogen) atoms. The van der Waals surface area contributed by atoms with Crippen LogP contribution >= 0.6 is 0 Å². The largest absolute Gasteiger partial charge is 0.381 e. The third-order valence-electron chi connectivity index (χ3n) is 7.13. The van der Waals surface area contributed by atoms with Crippen LogP contribution in [-0.2, 0) is 25.2 Å². The summed E-state index contributed by atoms with van der Waals surface area (Å²) in [5.41, 5.74) is 2.65. The number of likely N-dealkylation sites (N-methyl/N-ethyl adjacent to an activating group) is 1. The van der Waals surface area contributed by atoms with Crippen LogP contribution in [0.3, 0.4) is 0 Å². The summed E-state index contributed by atoms with van der Waals surface area (Å²) in [5, 5.41) is 2.83. The van der Waals surface area contributed by atoms with Crippen LogP contribution in [0.4, 0.5) is 0 Å². The Labute approximate surface area is 190 Å². The van der Waals surface area contributed by atoms with Gasteiger partial charge in [0.1, 0.15) is 5.41 Å². The van der Waals surface area contributed by atoms with Crippen LogP contribution in [-0.4, -0.2) is 55.0 Å². The summed E-state index contributed by atoms with van der Waals surface area (Å²) in [4.78, 5) is 33.9. The number of hydrogen-bond acceptors (Lipinski definition) is 4. The molecule has 2 aliphatic heterocycles. The molecule has 3 heterocycles. The number of nitrogens with zero attached hydrogens (tertiary/aromatic N) is 2. The molecule has 2 aliphatic rings. The van der Waals surface area contributed by atoms with Gasteiger partial charge in [-0.3, -0.25) is 14.6 Å². The maximum absolute atomic E-state index is 14.2. The third kappa shape index (κ3) is 3.92. The molecule has 0 saturated carbocycles. The second-order valence-corrected chi connectivity index (χ2v) is 9.28. The first-order chi connectivity index (χ1) is 15.4. The second-order valence-electron chi connectivity index (χ2n) is 9.28. The minimum atomic E-state index is -0.835. The first-order valence-corrected chi connectivity index (χ1v) is 11.5. The molecule has 2 saturated heterocycles. The van der Waals surface area contributed by atoms with Crippen molar-refractivity contribution in [2.45, 2.75) is 50.4 Å². The number of pyridine rings is 1. The number of aromatic nitrogens is 1. The Morgan fingerprint density at radius 1 is 1.03 bits per heavy atom. The van der Waals surface area contributed by atoms with E-state index in [0.717, 1.165) is 28.8 Å². The average Bonchev–Trinajstić information content (AvgIpc) is 2.83. The van der Waals surface area contributed by atoms with Gasteiger partial charge in [-0.05, 0) is 57.2 Å². The molecular formula is C26H33N3O3. The summed E-state index contributed by atoms with van der Waals surface area (Å²) in [5.74, 6) is 0.0239. The quantitative estimate of drug-likeness (QED) is 0.801. The van der Waals surface area contributed by atoms with Crippen molar-refractivity contribution in [1.29, 1.82) is 0 Å². The molecule has 0 spiro atoms. The zero-order valence-corrected chi connectivity index (χ0v) is 19.3. The van der Waals surface area contributed by atoms with Gasteiger partial charge in [0.25, 0.3) is 0 Å². The topological polar surface area (TPSA) is 71.5 Å². The van der Waals surface area contributed by atoms with Crippen molar-refractivity contribution in [3.63, 3.8) is 0 Å². The summed E-state index contributed by atoms with van der Waals surface area (Å²) in [6.45, 7) is 6.27. The van der Waals surface area contributed by atoms with Crippen LogP contribution in [0.2, 0.25) is 0 Å². The minimum absolute atomic E-state index is 0.0823. The number of hydrogen-bond donors (Lipinski definition) is 1. The lowest BCUT2D eigenvalue weighted by Crippen LogP contribution is -2.59. The van der Waals surface area contributed by atoms with Gasteiger partial charge in [-0.2, -0.15) is 0 Å². The molecule has 0 bridgehead atoms. The number of nitrogens with one attached hydrogen (secondary N) is 1. The van der Waals surface area contributed by atoms with Gasteiger partial charge in [0.15, 0.2) is 0 Å². The van der Waals surface area contributed by atoms with Gasteiger partial charge in [0.05, 0.1) is 11.1 Å². The van der Waals surface area contributed by atoms with Gasteiger partial charge in [-0.25, -0.2) is 0 Å². The first-order valence-electron chi connectivity index (χ1n) is 11.5. The van der Waals surface area contributed by atoms with Gasteiger partial charge < -0.3 is 15.0 Å². The predicted molar refractivity (Wildman–Crippen MR) is 123 cm³/mol. The van der Waals surface area contributed by atoms with Crippen LogP contribution in [0, 0.1) is 13.8 Å². The minimum Gasteiger partial charge on any atom is -0.381 e.